The lowest BCUT2D eigenvalue weighted by molar-refractivity contribution is 0.122. The van der Waals surface area contributed by atoms with Gasteiger partial charge in [0.05, 0.1) is 0 Å². The van der Waals surface area contributed by atoms with Crippen molar-refractivity contribution in [3.8, 4) is 5.88 Å². The van der Waals surface area contributed by atoms with Crippen molar-refractivity contribution < 1.29 is 4.74 Å². The molecule has 0 N–H and O–H groups in total. The van der Waals surface area contributed by atoms with Crippen molar-refractivity contribution in [3.63, 3.8) is 0 Å². The standard InChI is InChI=1S/C15H24ClN3O/c1-15(2,3)14-17-12(16)9-13(18-14)20-10-11-7-5-6-8-19(11)4/h9,11H,5-8,10H2,1-4H3. The number of hydrogen-bond acceptors (Lipinski definition) is 4. The minimum absolute atomic E-state index is 0.134. The van der Waals surface area contributed by atoms with E-state index in [2.05, 4.69) is 42.7 Å². The summed E-state index contributed by atoms with van der Waals surface area (Å²) in [7, 11) is 2.15. The van der Waals surface area contributed by atoms with E-state index < -0.39 is 0 Å². The largest absolute Gasteiger partial charge is 0.476 e. The second-order valence-electron chi connectivity index (χ2n) is 6.54. The van der Waals surface area contributed by atoms with Gasteiger partial charge in [0.1, 0.15) is 17.6 Å². The third kappa shape index (κ3) is 4.06. The first kappa shape index (κ1) is 15.5. The topological polar surface area (TPSA) is 38.2 Å². The number of hydrogen-bond donors (Lipinski definition) is 0. The van der Waals surface area contributed by atoms with Gasteiger partial charge in [-0.15, -0.1) is 0 Å². The van der Waals surface area contributed by atoms with E-state index in [0.717, 1.165) is 12.4 Å². The molecular weight excluding hydrogens is 274 g/mol. The molecule has 0 spiro atoms. The maximum Gasteiger partial charge on any atom is 0.218 e. The third-order valence-electron chi connectivity index (χ3n) is 3.69. The number of likely N-dealkylation sites (tertiary alicyclic amines) is 1. The molecule has 20 heavy (non-hydrogen) atoms. The molecule has 1 aliphatic rings. The maximum atomic E-state index is 6.06. The van der Waals surface area contributed by atoms with Crippen molar-refractivity contribution in [2.24, 2.45) is 0 Å². The molecule has 0 radical (unpaired) electrons. The predicted octanol–water partition coefficient (Wildman–Crippen LogP) is 3.29. The summed E-state index contributed by atoms with van der Waals surface area (Å²) in [6, 6.07) is 2.16. The molecule has 1 aromatic heterocycles. The molecule has 0 amide bonds. The van der Waals surface area contributed by atoms with E-state index in [1.165, 1.54) is 19.3 Å². The van der Waals surface area contributed by atoms with Crippen LogP contribution < -0.4 is 4.74 Å². The highest BCUT2D eigenvalue weighted by atomic mass is 35.5. The Kier molecular flexibility index (Phi) is 4.86. The van der Waals surface area contributed by atoms with Gasteiger partial charge in [-0.3, -0.25) is 0 Å². The van der Waals surface area contributed by atoms with Crippen LogP contribution in [0, 0.1) is 0 Å². The minimum atomic E-state index is -0.134. The molecule has 2 rings (SSSR count). The third-order valence-corrected chi connectivity index (χ3v) is 3.88. The van der Waals surface area contributed by atoms with Crippen LogP contribution in [-0.2, 0) is 5.41 Å². The van der Waals surface area contributed by atoms with Crippen LogP contribution in [0.4, 0.5) is 0 Å². The van der Waals surface area contributed by atoms with Crippen molar-refractivity contribution in [3.05, 3.63) is 17.0 Å². The fourth-order valence-corrected chi connectivity index (χ4v) is 2.52. The summed E-state index contributed by atoms with van der Waals surface area (Å²) < 4.78 is 5.86. The zero-order valence-electron chi connectivity index (χ0n) is 12.8. The molecule has 0 aliphatic carbocycles. The molecule has 5 heteroatoms. The van der Waals surface area contributed by atoms with Crippen LogP contribution in [0.3, 0.4) is 0 Å². The summed E-state index contributed by atoms with van der Waals surface area (Å²) in [4.78, 5) is 11.1. The summed E-state index contributed by atoms with van der Waals surface area (Å²) in [5.74, 6) is 1.30. The van der Waals surface area contributed by atoms with Crippen molar-refractivity contribution in [2.45, 2.75) is 51.5 Å². The lowest BCUT2D eigenvalue weighted by Crippen LogP contribution is -2.40. The number of ether oxygens (including phenoxy) is 1. The number of nitrogens with zero attached hydrogens (tertiary/aromatic N) is 3. The highest BCUT2D eigenvalue weighted by Crippen LogP contribution is 2.24. The molecule has 0 bridgehead atoms. The van der Waals surface area contributed by atoms with Gasteiger partial charge in [0.25, 0.3) is 0 Å². The van der Waals surface area contributed by atoms with Crippen molar-refractivity contribution in [1.82, 2.24) is 14.9 Å². The van der Waals surface area contributed by atoms with E-state index in [-0.39, 0.29) is 5.41 Å². The van der Waals surface area contributed by atoms with Crippen LogP contribution >= 0.6 is 11.6 Å². The average molecular weight is 298 g/mol. The number of likely N-dealkylation sites (N-methyl/N-ethyl adjacent to an activating group) is 1. The monoisotopic (exact) mass is 297 g/mol. The minimum Gasteiger partial charge on any atom is -0.476 e. The van der Waals surface area contributed by atoms with E-state index in [4.69, 9.17) is 16.3 Å². The van der Waals surface area contributed by atoms with Gasteiger partial charge < -0.3 is 9.64 Å². The fourth-order valence-electron chi connectivity index (χ4n) is 2.34. The summed E-state index contributed by atoms with van der Waals surface area (Å²) >= 11 is 6.06. The Labute approximate surface area is 126 Å². The molecule has 1 aliphatic heterocycles. The van der Waals surface area contributed by atoms with Crippen LogP contribution in [0.25, 0.3) is 0 Å². The van der Waals surface area contributed by atoms with Gasteiger partial charge in [-0.05, 0) is 26.4 Å². The van der Waals surface area contributed by atoms with E-state index in [0.29, 0.717) is 23.7 Å². The molecule has 4 nitrogen and oxygen atoms in total. The van der Waals surface area contributed by atoms with Crippen molar-refractivity contribution in [1.29, 1.82) is 0 Å². The smallest absolute Gasteiger partial charge is 0.218 e. The van der Waals surface area contributed by atoms with Crippen molar-refractivity contribution in [2.75, 3.05) is 20.2 Å². The van der Waals surface area contributed by atoms with E-state index in [9.17, 15) is 0 Å². The van der Waals surface area contributed by atoms with Crippen LogP contribution in [0.1, 0.15) is 45.9 Å². The van der Waals surface area contributed by atoms with Gasteiger partial charge in [-0.1, -0.05) is 38.8 Å². The van der Waals surface area contributed by atoms with Crippen LogP contribution in [0.5, 0.6) is 5.88 Å². The van der Waals surface area contributed by atoms with Gasteiger partial charge >= 0.3 is 0 Å². The Bertz CT molecular complexity index is 459. The van der Waals surface area contributed by atoms with Crippen molar-refractivity contribution >= 4 is 11.6 Å². The molecule has 2 heterocycles. The summed E-state index contributed by atoms with van der Waals surface area (Å²) in [5.41, 5.74) is -0.134. The molecule has 0 saturated carbocycles. The van der Waals surface area contributed by atoms with Gasteiger partial charge in [-0.25, -0.2) is 4.98 Å². The molecule has 1 fully saturated rings. The van der Waals surface area contributed by atoms with E-state index in [1.807, 2.05) is 0 Å². The Morgan fingerprint density at radius 3 is 2.75 bits per heavy atom. The van der Waals surface area contributed by atoms with Crippen LogP contribution in [0.15, 0.2) is 6.07 Å². The molecular formula is C15H24ClN3O. The molecule has 1 saturated heterocycles. The molecule has 1 unspecified atom stereocenters. The number of piperidine rings is 1. The first-order valence-corrected chi connectivity index (χ1v) is 7.62. The zero-order valence-corrected chi connectivity index (χ0v) is 13.6. The first-order chi connectivity index (χ1) is 9.36. The SMILES string of the molecule is CN1CCCCC1COc1cc(Cl)nc(C(C)(C)C)n1. The average Bonchev–Trinajstić information content (AvgIpc) is 2.36. The highest BCUT2D eigenvalue weighted by Gasteiger charge is 2.22. The van der Waals surface area contributed by atoms with E-state index >= 15 is 0 Å². The lowest BCUT2D eigenvalue weighted by atomic mass is 9.96. The quantitative estimate of drug-likeness (QED) is 0.803. The van der Waals surface area contributed by atoms with Gasteiger partial charge in [0.2, 0.25) is 5.88 Å². The number of halogens is 1. The second kappa shape index (κ2) is 6.27. The normalized spacial score (nSPS) is 20.9. The summed E-state index contributed by atoms with van der Waals surface area (Å²) in [5, 5.41) is 0.442. The maximum absolute atomic E-state index is 6.06. The predicted molar refractivity (Wildman–Crippen MR) is 81.5 cm³/mol. The molecule has 112 valence electrons. The first-order valence-electron chi connectivity index (χ1n) is 7.24. The number of aromatic nitrogens is 2. The molecule has 1 aromatic rings. The van der Waals surface area contributed by atoms with Gasteiger partial charge in [0.15, 0.2) is 0 Å². The summed E-state index contributed by atoms with van der Waals surface area (Å²) in [6.07, 6.45) is 3.73. The molecule has 0 aromatic carbocycles. The Hall–Kier alpha value is -0.870. The zero-order chi connectivity index (χ0) is 14.8. The Balaban J connectivity index is 2.04. The summed E-state index contributed by atoms with van der Waals surface area (Å²) in [6.45, 7) is 8.01. The highest BCUT2D eigenvalue weighted by molar-refractivity contribution is 6.29. The molecule has 1 atom stereocenters. The van der Waals surface area contributed by atoms with Gasteiger partial charge in [-0.2, -0.15) is 4.98 Å². The number of rotatable bonds is 3. The van der Waals surface area contributed by atoms with Gasteiger partial charge in [0, 0.05) is 17.5 Å². The second-order valence-corrected chi connectivity index (χ2v) is 6.93. The Morgan fingerprint density at radius 2 is 2.10 bits per heavy atom. The fraction of sp³-hybridized carbons (Fsp3) is 0.733. The van der Waals surface area contributed by atoms with Crippen LogP contribution in [0.2, 0.25) is 5.15 Å². The van der Waals surface area contributed by atoms with Crippen LogP contribution in [-0.4, -0.2) is 41.1 Å². The van der Waals surface area contributed by atoms with E-state index in [1.54, 1.807) is 6.07 Å². The lowest BCUT2D eigenvalue weighted by Gasteiger charge is -2.32. The Morgan fingerprint density at radius 1 is 1.35 bits per heavy atom.